The molecule has 0 bridgehead atoms. The van der Waals surface area contributed by atoms with Crippen LogP contribution in [0.2, 0.25) is 5.02 Å². The first kappa shape index (κ1) is 15.4. The zero-order valence-corrected chi connectivity index (χ0v) is 11.1. The van der Waals surface area contributed by atoms with E-state index in [-0.39, 0.29) is 29.1 Å². The molecule has 19 heavy (non-hydrogen) atoms. The maximum Gasteiger partial charge on any atom is 0.253 e. The number of rotatable bonds is 4. The lowest BCUT2D eigenvalue weighted by Gasteiger charge is -2.10. The molecule has 0 aliphatic rings. The molecule has 1 aromatic rings. The van der Waals surface area contributed by atoms with E-state index in [0.29, 0.717) is 12.1 Å². The van der Waals surface area contributed by atoms with Gasteiger partial charge in [0.1, 0.15) is 0 Å². The summed E-state index contributed by atoms with van der Waals surface area (Å²) in [6, 6.07) is 1.34. The van der Waals surface area contributed by atoms with Gasteiger partial charge in [0.2, 0.25) is 5.91 Å². The van der Waals surface area contributed by atoms with Crippen LogP contribution in [0.5, 0.6) is 0 Å². The molecule has 1 aromatic carbocycles. The van der Waals surface area contributed by atoms with Crippen LogP contribution in [0, 0.1) is 11.6 Å². The predicted molar refractivity (Wildman–Crippen MR) is 67.0 cm³/mol. The molecule has 2 N–H and O–H groups in total. The van der Waals surface area contributed by atoms with E-state index < -0.39 is 17.5 Å². The molecule has 0 atom stereocenters. The normalized spacial score (nSPS) is 10.4. The number of amides is 2. The van der Waals surface area contributed by atoms with Crippen molar-refractivity contribution in [1.82, 2.24) is 10.6 Å². The molecule has 0 unspecified atom stereocenters. The van der Waals surface area contributed by atoms with Gasteiger partial charge in [-0.05, 0) is 26.0 Å². The van der Waals surface area contributed by atoms with Crippen molar-refractivity contribution < 1.29 is 18.4 Å². The summed E-state index contributed by atoms with van der Waals surface area (Å²) in [5.41, 5.74) is -0.224. The second-order valence-electron chi connectivity index (χ2n) is 4.15. The molecule has 104 valence electrons. The van der Waals surface area contributed by atoms with Crippen LogP contribution in [0.15, 0.2) is 12.1 Å². The Morgan fingerprint density at radius 2 is 1.84 bits per heavy atom. The van der Waals surface area contributed by atoms with Crippen molar-refractivity contribution >= 4 is 23.4 Å². The molecule has 1 rings (SSSR count). The molecule has 4 nitrogen and oxygen atoms in total. The maximum atomic E-state index is 13.0. The third kappa shape index (κ3) is 4.48. The Morgan fingerprint density at radius 1 is 1.26 bits per heavy atom. The van der Waals surface area contributed by atoms with Crippen molar-refractivity contribution in [2.75, 3.05) is 6.54 Å². The minimum absolute atomic E-state index is 0.0590. The van der Waals surface area contributed by atoms with E-state index in [4.69, 9.17) is 11.6 Å². The average Bonchev–Trinajstić information content (AvgIpc) is 2.30. The topological polar surface area (TPSA) is 58.2 Å². The molecule has 0 saturated carbocycles. The van der Waals surface area contributed by atoms with Crippen LogP contribution in [0.1, 0.15) is 24.2 Å². The number of hydrogen-bond donors (Lipinski definition) is 2. The number of halogens is 3. The van der Waals surface area contributed by atoms with E-state index >= 15 is 0 Å². The van der Waals surface area contributed by atoms with Gasteiger partial charge in [0.15, 0.2) is 11.6 Å². The van der Waals surface area contributed by atoms with Crippen molar-refractivity contribution in [3.05, 3.63) is 34.4 Å². The van der Waals surface area contributed by atoms with E-state index in [1.807, 2.05) is 0 Å². The number of nitrogens with one attached hydrogen (secondary N) is 2. The quantitative estimate of drug-likeness (QED) is 0.832. The number of carbonyl (C=O) groups excluding carboxylic acids is 2. The fourth-order valence-corrected chi connectivity index (χ4v) is 1.56. The summed E-state index contributed by atoms with van der Waals surface area (Å²) >= 11 is 5.63. The van der Waals surface area contributed by atoms with Crippen LogP contribution in [0.3, 0.4) is 0 Å². The van der Waals surface area contributed by atoms with Crippen molar-refractivity contribution in [1.29, 1.82) is 0 Å². The summed E-state index contributed by atoms with van der Waals surface area (Å²) in [6.07, 6.45) is 0. The molecule has 0 aromatic heterocycles. The first-order chi connectivity index (χ1) is 8.81. The van der Waals surface area contributed by atoms with E-state index in [2.05, 4.69) is 10.6 Å². The van der Waals surface area contributed by atoms with Crippen molar-refractivity contribution in [3.63, 3.8) is 0 Å². The largest absolute Gasteiger partial charge is 0.352 e. The lowest BCUT2D eigenvalue weighted by molar-refractivity contribution is -0.120. The Kier molecular flexibility index (Phi) is 5.23. The van der Waals surface area contributed by atoms with Gasteiger partial charge in [-0.25, -0.2) is 8.78 Å². The second kappa shape index (κ2) is 6.47. The molecule has 0 fully saturated rings. The number of hydrogen-bond acceptors (Lipinski definition) is 2. The first-order valence-electron chi connectivity index (χ1n) is 5.53. The molecular formula is C12H13ClF2N2O2. The van der Waals surface area contributed by atoms with Crippen LogP contribution >= 0.6 is 11.6 Å². The van der Waals surface area contributed by atoms with E-state index in [0.717, 1.165) is 0 Å². The zero-order valence-electron chi connectivity index (χ0n) is 10.4. The first-order valence-corrected chi connectivity index (χ1v) is 5.91. The van der Waals surface area contributed by atoms with Gasteiger partial charge in [0.25, 0.3) is 5.91 Å². The fourth-order valence-electron chi connectivity index (χ4n) is 1.33. The van der Waals surface area contributed by atoms with Crippen LogP contribution in [0.4, 0.5) is 8.78 Å². The van der Waals surface area contributed by atoms with Crippen LogP contribution < -0.4 is 10.6 Å². The highest BCUT2D eigenvalue weighted by Gasteiger charge is 2.15. The molecular weight excluding hydrogens is 278 g/mol. The van der Waals surface area contributed by atoms with E-state index in [9.17, 15) is 18.4 Å². The van der Waals surface area contributed by atoms with Crippen molar-refractivity contribution in [2.45, 2.75) is 19.9 Å². The Hall–Kier alpha value is -1.69. The van der Waals surface area contributed by atoms with E-state index in [1.165, 1.54) is 0 Å². The Labute approximate surface area is 114 Å². The highest BCUT2D eigenvalue weighted by molar-refractivity contribution is 6.33. The lowest BCUT2D eigenvalue weighted by atomic mass is 10.2. The van der Waals surface area contributed by atoms with Gasteiger partial charge in [0.05, 0.1) is 17.1 Å². The summed E-state index contributed by atoms with van der Waals surface area (Å²) in [7, 11) is 0. The average molecular weight is 291 g/mol. The monoisotopic (exact) mass is 290 g/mol. The minimum atomic E-state index is -1.18. The molecule has 0 aliphatic heterocycles. The van der Waals surface area contributed by atoms with Gasteiger partial charge in [-0.3, -0.25) is 9.59 Å². The highest BCUT2D eigenvalue weighted by Crippen LogP contribution is 2.19. The summed E-state index contributed by atoms with van der Waals surface area (Å²) < 4.78 is 25.8. The summed E-state index contributed by atoms with van der Waals surface area (Å²) in [5.74, 6) is -3.45. The van der Waals surface area contributed by atoms with Gasteiger partial charge in [-0.1, -0.05) is 11.6 Å². The second-order valence-corrected chi connectivity index (χ2v) is 4.56. The predicted octanol–water partition coefficient (Wildman–Crippen LogP) is 1.87. The van der Waals surface area contributed by atoms with Gasteiger partial charge >= 0.3 is 0 Å². The molecule has 7 heteroatoms. The fraction of sp³-hybridized carbons (Fsp3) is 0.333. The molecule has 0 spiro atoms. The minimum Gasteiger partial charge on any atom is -0.352 e. The Bertz CT molecular complexity index is 507. The van der Waals surface area contributed by atoms with Crippen molar-refractivity contribution in [2.24, 2.45) is 0 Å². The van der Waals surface area contributed by atoms with Gasteiger partial charge < -0.3 is 10.6 Å². The van der Waals surface area contributed by atoms with Crippen LogP contribution in [0.25, 0.3) is 0 Å². The van der Waals surface area contributed by atoms with Crippen molar-refractivity contribution in [3.8, 4) is 0 Å². The molecule has 0 heterocycles. The summed E-state index contributed by atoms with van der Waals surface area (Å²) in [4.78, 5) is 23.0. The van der Waals surface area contributed by atoms with Gasteiger partial charge in [-0.15, -0.1) is 0 Å². The standard InChI is InChI=1S/C12H13ClF2N2O2/c1-6(2)17-11(18)5-16-12(19)7-3-9(14)10(15)4-8(7)13/h3-4,6H,5H2,1-2H3,(H,16,19)(H,17,18). The SMILES string of the molecule is CC(C)NC(=O)CNC(=O)c1cc(F)c(F)cc1Cl. The molecule has 2 amide bonds. The summed E-state index contributed by atoms with van der Waals surface area (Å²) in [6.45, 7) is 3.27. The number of carbonyl (C=O) groups is 2. The molecule has 0 aliphatic carbocycles. The lowest BCUT2D eigenvalue weighted by Crippen LogP contribution is -2.39. The van der Waals surface area contributed by atoms with E-state index in [1.54, 1.807) is 13.8 Å². The highest BCUT2D eigenvalue weighted by atomic mass is 35.5. The molecule has 0 saturated heterocycles. The third-order valence-electron chi connectivity index (χ3n) is 2.11. The summed E-state index contributed by atoms with van der Waals surface area (Å²) in [5, 5.41) is 4.61. The smallest absolute Gasteiger partial charge is 0.253 e. The van der Waals surface area contributed by atoms with Gasteiger partial charge in [0, 0.05) is 6.04 Å². The van der Waals surface area contributed by atoms with Gasteiger partial charge in [-0.2, -0.15) is 0 Å². The maximum absolute atomic E-state index is 13.0. The number of benzene rings is 1. The van der Waals surface area contributed by atoms with Crippen LogP contribution in [-0.2, 0) is 4.79 Å². The zero-order chi connectivity index (χ0) is 14.6. The molecule has 0 radical (unpaired) electrons. The Balaban J connectivity index is 2.69. The Morgan fingerprint density at radius 3 is 2.42 bits per heavy atom. The third-order valence-corrected chi connectivity index (χ3v) is 2.43. The van der Waals surface area contributed by atoms with Crippen LogP contribution in [-0.4, -0.2) is 24.4 Å².